The molecule has 0 radical (unpaired) electrons. The van der Waals surface area contributed by atoms with E-state index in [9.17, 15) is 14.0 Å². The highest BCUT2D eigenvalue weighted by molar-refractivity contribution is 6.01. The molecule has 5 nitrogen and oxygen atoms in total. The highest BCUT2D eigenvalue weighted by Gasteiger charge is 2.39. The van der Waals surface area contributed by atoms with Gasteiger partial charge in [0, 0.05) is 36.2 Å². The molecule has 2 aliphatic heterocycles. The Morgan fingerprint density at radius 1 is 1.00 bits per heavy atom. The first kappa shape index (κ1) is 22.1. The first-order chi connectivity index (χ1) is 16.1. The van der Waals surface area contributed by atoms with Crippen molar-refractivity contribution in [1.82, 2.24) is 15.8 Å². The van der Waals surface area contributed by atoms with Crippen LogP contribution in [0.3, 0.4) is 0 Å². The van der Waals surface area contributed by atoms with Gasteiger partial charge in [-0.05, 0) is 73.8 Å². The van der Waals surface area contributed by atoms with E-state index < -0.39 is 0 Å². The molecule has 174 valence electrons. The summed E-state index contributed by atoms with van der Waals surface area (Å²) < 4.78 is 15.0. The molecular formula is C27H32FN3O2. The lowest BCUT2D eigenvalue weighted by molar-refractivity contribution is -0.133. The minimum atomic E-state index is -0.309. The molecule has 2 heterocycles. The Kier molecular flexibility index (Phi) is 6.45. The monoisotopic (exact) mass is 449 g/mol. The van der Waals surface area contributed by atoms with E-state index in [0.717, 1.165) is 63.6 Å². The van der Waals surface area contributed by atoms with Crippen LogP contribution < -0.4 is 10.9 Å². The maximum atomic E-state index is 15.0. The van der Waals surface area contributed by atoms with Crippen LogP contribution in [0.15, 0.2) is 42.5 Å². The summed E-state index contributed by atoms with van der Waals surface area (Å²) in [7, 11) is 0. The van der Waals surface area contributed by atoms with E-state index in [1.54, 1.807) is 6.07 Å². The van der Waals surface area contributed by atoms with Crippen molar-refractivity contribution in [2.24, 2.45) is 11.8 Å². The van der Waals surface area contributed by atoms with Crippen LogP contribution in [0.4, 0.5) is 4.39 Å². The van der Waals surface area contributed by atoms with E-state index in [4.69, 9.17) is 0 Å². The molecule has 3 atom stereocenters. The summed E-state index contributed by atoms with van der Waals surface area (Å²) in [6.07, 6.45) is 8.05. The molecule has 2 aromatic rings. The molecule has 1 saturated carbocycles. The summed E-state index contributed by atoms with van der Waals surface area (Å²) >= 11 is 0. The maximum absolute atomic E-state index is 15.0. The number of nitrogens with one attached hydrogen (secondary N) is 2. The van der Waals surface area contributed by atoms with Crippen molar-refractivity contribution in [3.05, 3.63) is 59.4 Å². The predicted octanol–water partition coefficient (Wildman–Crippen LogP) is 4.47. The number of halogens is 1. The van der Waals surface area contributed by atoms with Crippen LogP contribution in [0, 0.1) is 17.7 Å². The fraction of sp³-hybridized carbons (Fsp3) is 0.481. The first-order valence-corrected chi connectivity index (χ1v) is 12.3. The second-order valence-electron chi connectivity index (χ2n) is 9.69. The Hall–Kier alpha value is -2.73. The zero-order valence-electron chi connectivity index (χ0n) is 19.0. The van der Waals surface area contributed by atoms with E-state index in [1.165, 1.54) is 12.5 Å². The zero-order valence-corrected chi connectivity index (χ0v) is 19.0. The minimum absolute atomic E-state index is 0.0154. The third kappa shape index (κ3) is 4.54. The largest absolute Gasteiger partial charge is 0.339 e. The van der Waals surface area contributed by atoms with Crippen molar-refractivity contribution in [3.8, 4) is 11.1 Å². The SMILES string of the molecule is O=C1NNC(CCc2ccc(F)c(-c3ccccc3C(=O)N3CCCC3)c2)C2CCCCC12. The third-order valence-corrected chi connectivity index (χ3v) is 7.67. The molecule has 3 unspecified atom stereocenters. The summed E-state index contributed by atoms with van der Waals surface area (Å²) in [5.74, 6) is 0.275. The molecule has 3 fully saturated rings. The van der Waals surface area contributed by atoms with E-state index >= 15 is 0 Å². The van der Waals surface area contributed by atoms with E-state index in [0.29, 0.717) is 22.6 Å². The van der Waals surface area contributed by atoms with Crippen molar-refractivity contribution < 1.29 is 14.0 Å². The highest BCUT2D eigenvalue weighted by atomic mass is 19.1. The van der Waals surface area contributed by atoms with Crippen molar-refractivity contribution in [2.75, 3.05) is 13.1 Å². The number of aryl methyl sites for hydroxylation is 1. The third-order valence-electron chi connectivity index (χ3n) is 7.67. The van der Waals surface area contributed by atoms with Crippen molar-refractivity contribution >= 4 is 11.8 Å². The standard InChI is InChI=1S/C27H32FN3O2/c28-24-13-11-18(12-14-25-20-8-2-3-9-21(20)26(32)30-29-25)17-23(24)19-7-1-4-10-22(19)27(33)31-15-5-6-16-31/h1,4,7,10-11,13,17,20-21,25,29H,2-3,5-6,8-9,12,14-16H2,(H,30,32). The molecule has 0 bridgehead atoms. The zero-order chi connectivity index (χ0) is 22.8. The van der Waals surface area contributed by atoms with Gasteiger partial charge < -0.3 is 4.90 Å². The van der Waals surface area contributed by atoms with E-state index in [-0.39, 0.29) is 29.6 Å². The number of fused-ring (bicyclic) bond motifs is 1. The molecule has 2 amide bonds. The lowest BCUT2D eigenvalue weighted by Gasteiger charge is -2.41. The molecule has 3 aliphatic rings. The van der Waals surface area contributed by atoms with Gasteiger partial charge in [-0.3, -0.25) is 15.0 Å². The number of hydrazine groups is 1. The van der Waals surface area contributed by atoms with Gasteiger partial charge in [-0.2, -0.15) is 0 Å². The smallest absolute Gasteiger partial charge is 0.254 e. The van der Waals surface area contributed by atoms with Gasteiger partial charge in [0.2, 0.25) is 5.91 Å². The number of carbonyl (C=O) groups is 2. The van der Waals surface area contributed by atoms with Crippen LogP contribution in [0.1, 0.15) is 60.9 Å². The quantitative estimate of drug-likeness (QED) is 0.708. The summed E-state index contributed by atoms with van der Waals surface area (Å²) in [5.41, 5.74) is 8.85. The van der Waals surface area contributed by atoms with Crippen molar-refractivity contribution in [2.45, 2.75) is 57.4 Å². The molecule has 2 aromatic carbocycles. The summed E-state index contributed by atoms with van der Waals surface area (Å²) in [6.45, 7) is 1.53. The topological polar surface area (TPSA) is 61.4 Å². The van der Waals surface area contributed by atoms with Gasteiger partial charge in [0.05, 0.1) is 0 Å². The Balaban J connectivity index is 1.35. The Bertz CT molecular complexity index is 1030. The number of nitrogens with zero attached hydrogens (tertiary/aromatic N) is 1. The van der Waals surface area contributed by atoms with Gasteiger partial charge >= 0.3 is 0 Å². The molecule has 2 saturated heterocycles. The Morgan fingerprint density at radius 3 is 2.64 bits per heavy atom. The average molecular weight is 450 g/mol. The molecule has 2 N–H and O–H groups in total. The van der Waals surface area contributed by atoms with Gasteiger partial charge in [-0.15, -0.1) is 0 Å². The second-order valence-corrected chi connectivity index (χ2v) is 9.69. The fourth-order valence-electron chi connectivity index (χ4n) is 5.87. The minimum Gasteiger partial charge on any atom is -0.339 e. The predicted molar refractivity (Wildman–Crippen MR) is 126 cm³/mol. The molecule has 5 rings (SSSR count). The number of amides is 2. The highest BCUT2D eigenvalue weighted by Crippen LogP contribution is 2.36. The van der Waals surface area contributed by atoms with Gasteiger partial charge in [-0.25, -0.2) is 9.82 Å². The lowest BCUT2D eigenvalue weighted by atomic mass is 9.72. The molecule has 6 heteroatoms. The molecule has 0 spiro atoms. The maximum Gasteiger partial charge on any atom is 0.254 e. The molecule has 1 aliphatic carbocycles. The summed E-state index contributed by atoms with van der Waals surface area (Å²) in [5, 5.41) is 0. The van der Waals surface area contributed by atoms with Gasteiger partial charge in [0.15, 0.2) is 0 Å². The summed E-state index contributed by atoms with van der Waals surface area (Å²) in [6, 6.07) is 12.8. The van der Waals surface area contributed by atoms with E-state index in [2.05, 4.69) is 10.9 Å². The van der Waals surface area contributed by atoms with Crippen LogP contribution >= 0.6 is 0 Å². The lowest BCUT2D eigenvalue weighted by Crippen LogP contribution is -2.59. The molecule has 33 heavy (non-hydrogen) atoms. The fourth-order valence-corrected chi connectivity index (χ4v) is 5.87. The number of likely N-dealkylation sites (tertiary alicyclic amines) is 1. The van der Waals surface area contributed by atoms with Gasteiger partial charge in [-0.1, -0.05) is 37.1 Å². The van der Waals surface area contributed by atoms with Gasteiger partial charge in [0.25, 0.3) is 5.91 Å². The number of rotatable bonds is 5. The average Bonchev–Trinajstić information content (AvgIpc) is 3.39. The van der Waals surface area contributed by atoms with Crippen molar-refractivity contribution in [1.29, 1.82) is 0 Å². The first-order valence-electron chi connectivity index (χ1n) is 12.3. The summed E-state index contributed by atoms with van der Waals surface area (Å²) in [4.78, 5) is 27.2. The van der Waals surface area contributed by atoms with Crippen LogP contribution in [-0.4, -0.2) is 35.8 Å². The normalized spacial score (nSPS) is 24.9. The second kappa shape index (κ2) is 9.64. The molecular weight excluding hydrogens is 417 g/mol. The van der Waals surface area contributed by atoms with Crippen LogP contribution in [0.2, 0.25) is 0 Å². The van der Waals surface area contributed by atoms with Crippen molar-refractivity contribution in [3.63, 3.8) is 0 Å². The Morgan fingerprint density at radius 2 is 1.79 bits per heavy atom. The Labute approximate surface area is 194 Å². The van der Waals surface area contributed by atoms with Crippen LogP contribution in [0.25, 0.3) is 11.1 Å². The number of carbonyl (C=O) groups excluding carboxylic acids is 2. The number of hydrogen-bond donors (Lipinski definition) is 2. The van der Waals surface area contributed by atoms with E-state index in [1.807, 2.05) is 35.2 Å². The van der Waals surface area contributed by atoms with Gasteiger partial charge in [0.1, 0.15) is 5.82 Å². The number of benzene rings is 2. The van der Waals surface area contributed by atoms with Crippen LogP contribution in [-0.2, 0) is 11.2 Å². The van der Waals surface area contributed by atoms with Crippen LogP contribution in [0.5, 0.6) is 0 Å². The number of hydrogen-bond acceptors (Lipinski definition) is 3. The molecule has 0 aromatic heterocycles.